The molecule has 5 atom stereocenters. The molecule has 1 aliphatic heterocycles. The van der Waals surface area contributed by atoms with Gasteiger partial charge < -0.3 is 30.1 Å². The first-order valence-electron chi connectivity index (χ1n) is 5.95. The Labute approximate surface area is 106 Å². The summed E-state index contributed by atoms with van der Waals surface area (Å²) in [5.41, 5.74) is 0. The van der Waals surface area contributed by atoms with Crippen LogP contribution in [-0.4, -0.2) is 65.6 Å². The van der Waals surface area contributed by atoms with Crippen LogP contribution in [0.4, 0.5) is 0 Å². The monoisotopic (exact) mass is 263 g/mol. The highest BCUT2D eigenvalue weighted by molar-refractivity contribution is 5.80. The van der Waals surface area contributed by atoms with Crippen molar-refractivity contribution in [1.82, 2.24) is 5.32 Å². The van der Waals surface area contributed by atoms with Crippen molar-refractivity contribution in [1.29, 1.82) is 0 Å². The first kappa shape index (κ1) is 15.3. The molecule has 1 aliphatic rings. The van der Waals surface area contributed by atoms with Crippen LogP contribution >= 0.6 is 0 Å². The highest BCUT2D eigenvalue weighted by Gasteiger charge is 2.37. The van der Waals surface area contributed by atoms with Crippen LogP contribution in [-0.2, 0) is 14.3 Å². The second-order valence-electron chi connectivity index (χ2n) is 4.37. The van der Waals surface area contributed by atoms with Gasteiger partial charge in [-0.1, -0.05) is 0 Å². The number of amides is 1. The number of hydrogen-bond acceptors (Lipinski definition) is 6. The Kier molecular flexibility index (Phi) is 5.97. The summed E-state index contributed by atoms with van der Waals surface area (Å²) in [4.78, 5) is 11.6. The molecular formula is C11H21NO6. The van der Waals surface area contributed by atoms with E-state index in [0.29, 0.717) is 0 Å². The van der Waals surface area contributed by atoms with Gasteiger partial charge in [-0.05, 0) is 6.92 Å². The molecule has 0 radical (unpaired) electrons. The number of nitrogens with one attached hydrogen (secondary N) is 1. The smallest absolute Gasteiger partial charge is 0.249 e. The first-order valence-corrected chi connectivity index (χ1v) is 5.95. The standard InChI is InChI=1S/C11H21NO6/c1-6-10(8(15)5-9(17-2)18-6)12-11(16)7(14)3-4-13/h6-10,13-15H,3-5H2,1-2H3,(H,12,16)/t6-,7?,8+,9+,10-/m1/s1. The van der Waals surface area contributed by atoms with E-state index in [1.807, 2.05) is 0 Å². The summed E-state index contributed by atoms with van der Waals surface area (Å²) >= 11 is 0. The molecule has 0 bridgehead atoms. The predicted molar refractivity (Wildman–Crippen MR) is 61.6 cm³/mol. The molecule has 18 heavy (non-hydrogen) atoms. The van der Waals surface area contributed by atoms with E-state index >= 15 is 0 Å². The lowest BCUT2D eigenvalue weighted by atomic mass is 9.99. The predicted octanol–water partition coefficient (Wildman–Crippen LogP) is -1.64. The lowest BCUT2D eigenvalue weighted by molar-refractivity contribution is -0.210. The van der Waals surface area contributed by atoms with E-state index in [9.17, 15) is 15.0 Å². The lowest BCUT2D eigenvalue weighted by Gasteiger charge is -2.38. The van der Waals surface area contributed by atoms with Crippen LogP contribution in [0.3, 0.4) is 0 Å². The molecule has 1 unspecified atom stereocenters. The number of ether oxygens (including phenoxy) is 2. The van der Waals surface area contributed by atoms with E-state index < -0.39 is 36.6 Å². The molecule has 1 saturated heterocycles. The van der Waals surface area contributed by atoms with Gasteiger partial charge in [-0.25, -0.2) is 0 Å². The van der Waals surface area contributed by atoms with E-state index in [-0.39, 0.29) is 19.4 Å². The zero-order valence-electron chi connectivity index (χ0n) is 10.6. The fourth-order valence-electron chi connectivity index (χ4n) is 1.92. The zero-order valence-corrected chi connectivity index (χ0v) is 10.6. The molecule has 1 fully saturated rings. The van der Waals surface area contributed by atoms with Gasteiger partial charge in [-0.2, -0.15) is 0 Å². The highest BCUT2D eigenvalue weighted by atomic mass is 16.7. The average Bonchev–Trinajstić information content (AvgIpc) is 2.33. The number of aliphatic hydroxyl groups excluding tert-OH is 3. The Balaban J connectivity index is 2.53. The molecule has 0 aliphatic carbocycles. The van der Waals surface area contributed by atoms with Gasteiger partial charge in [0.05, 0.1) is 18.2 Å². The van der Waals surface area contributed by atoms with Crippen molar-refractivity contribution in [2.45, 2.75) is 50.4 Å². The number of carbonyl (C=O) groups excluding carboxylic acids is 1. The third-order valence-corrected chi connectivity index (χ3v) is 3.00. The number of carbonyl (C=O) groups is 1. The molecular weight excluding hydrogens is 242 g/mol. The van der Waals surface area contributed by atoms with E-state index in [0.717, 1.165) is 0 Å². The normalized spacial score (nSPS) is 34.1. The maximum absolute atomic E-state index is 11.6. The fourth-order valence-corrected chi connectivity index (χ4v) is 1.92. The number of methoxy groups -OCH3 is 1. The van der Waals surface area contributed by atoms with E-state index in [4.69, 9.17) is 14.6 Å². The van der Waals surface area contributed by atoms with Gasteiger partial charge in [-0.15, -0.1) is 0 Å². The van der Waals surface area contributed by atoms with Crippen LogP contribution in [0.1, 0.15) is 19.8 Å². The first-order chi connectivity index (χ1) is 8.49. The lowest BCUT2D eigenvalue weighted by Crippen LogP contribution is -2.58. The third kappa shape index (κ3) is 3.89. The van der Waals surface area contributed by atoms with Gasteiger partial charge >= 0.3 is 0 Å². The van der Waals surface area contributed by atoms with Gasteiger partial charge in [0, 0.05) is 26.6 Å². The van der Waals surface area contributed by atoms with Crippen molar-refractivity contribution in [3.63, 3.8) is 0 Å². The molecule has 0 spiro atoms. The Morgan fingerprint density at radius 1 is 1.61 bits per heavy atom. The minimum Gasteiger partial charge on any atom is -0.396 e. The topological polar surface area (TPSA) is 108 Å². The van der Waals surface area contributed by atoms with E-state index in [2.05, 4.69) is 5.32 Å². The molecule has 7 nitrogen and oxygen atoms in total. The maximum atomic E-state index is 11.6. The average molecular weight is 263 g/mol. The second kappa shape index (κ2) is 7.01. The van der Waals surface area contributed by atoms with Crippen LogP contribution in [0, 0.1) is 0 Å². The Bertz CT molecular complexity index is 262. The minimum atomic E-state index is -1.28. The van der Waals surface area contributed by atoms with Crippen molar-refractivity contribution in [2.24, 2.45) is 0 Å². The molecule has 1 heterocycles. The summed E-state index contributed by atoms with van der Waals surface area (Å²) in [6.45, 7) is 1.43. The molecule has 1 amide bonds. The van der Waals surface area contributed by atoms with Gasteiger partial charge in [-0.3, -0.25) is 4.79 Å². The summed E-state index contributed by atoms with van der Waals surface area (Å²) in [6, 6.07) is -0.600. The number of aliphatic hydroxyl groups is 3. The van der Waals surface area contributed by atoms with E-state index in [1.54, 1.807) is 6.92 Å². The van der Waals surface area contributed by atoms with Gasteiger partial charge in [0.25, 0.3) is 0 Å². The molecule has 4 N–H and O–H groups in total. The van der Waals surface area contributed by atoms with Crippen LogP contribution in [0.25, 0.3) is 0 Å². The number of hydrogen-bond donors (Lipinski definition) is 4. The van der Waals surface area contributed by atoms with Gasteiger partial charge in [0.15, 0.2) is 6.29 Å². The Hall–Kier alpha value is -0.730. The van der Waals surface area contributed by atoms with Crippen LogP contribution in [0.2, 0.25) is 0 Å². The summed E-state index contributed by atoms with van der Waals surface area (Å²) < 4.78 is 10.4. The molecule has 0 aromatic rings. The molecule has 1 rings (SSSR count). The minimum absolute atomic E-state index is 0.0371. The quantitative estimate of drug-likeness (QED) is 0.473. The van der Waals surface area contributed by atoms with Gasteiger partial charge in [0.1, 0.15) is 6.10 Å². The van der Waals surface area contributed by atoms with Crippen molar-refractivity contribution >= 4 is 5.91 Å². The SMILES string of the molecule is CO[C@@H]1C[C@H](O)[C@H](NC(=O)C(O)CCO)[C@@H](C)O1. The van der Waals surface area contributed by atoms with Crippen molar-refractivity contribution in [2.75, 3.05) is 13.7 Å². The number of rotatable bonds is 5. The van der Waals surface area contributed by atoms with Crippen LogP contribution < -0.4 is 5.32 Å². The van der Waals surface area contributed by atoms with Crippen molar-refractivity contribution < 1.29 is 29.6 Å². The van der Waals surface area contributed by atoms with Crippen molar-refractivity contribution in [3.8, 4) is 0 Å². The summed E-state index contributed by atoms with van der Waals surface area (Å²) in [5, 5.41) is 30.4. The Morgan fingerprint density at radius 2 is 2.28 bits per heavy atom. The molecule has 0 aromatic heterocycles. The maximum Gasteiger partial charge on any atom is 0.249 e. The zero-order chi connectivity index (χ0) is 13.7. The molecule has 0 saturated carbocycles. The Morgan fingerprint density at radius 3 is 2.78 bits per heavy atom. The summed E-state index contributed by atoms with van der Waals surface area (Å²) in [7, 11) is 1.48. The van der Waals surface area contributed by atoms with E-state index in [1.165, 1.54) is 7.11 Å². The fraction of sp³-hybridized carbons (Fsp3) is 0.909. The third-order valence-electron chi connectivity index (χ3n) is 3.00. The molecule has 0 aromatic carbocycles. The summed E-state index contributed by atoms with van der Waals surface area (Å²) in [5.74, 6) is -0.626. The van der Waals surface area contributed by atoms with Crippen LogP contribution in [0.5, 0.6) is 0 Å². The molecule has 7 heteroatoms. The largest absolute Gasteiger partial charge is 0.396 e. The second-order valence-corrected chi connectivity index (χ2v) is 4.37. The summed E-state index contributed by atoms with van der Waals surface area (Å²) in [6.07, 6.45) is -2.79. The highest BCUT2D eigenvalue weighted by Crippen LogP contribution is 2.20. The molecule has 106 valence electrons. The van der Waals surface area contributed by atoms with Gasteiger partial charge in [0.2, 0.25) is 5.91 Å². The van der Waals surface area contributed by atoms with Crippen LogP contribution in [0.15, 0.2) is 0 Å². The van der Waals surface area contributed by atoms with Crippen molar-refractivity contribution in [3.05, 3.63) is 0 Å².